The van der Waals surface area contributed by atoms with Gasteiger partial charge in [0, 0.05) is 23.4 Å². The third kappa shape index (κ3) is 2.77. The van der Waals surface area contributed by atoms with E-state index < -0.39 is 0 Å². The number of hydrogen-bond donors (Lipinski definition) is 1. The molecule has 0 amide bonds. The summed E-state index contributed by atoms with van der Waals surface area (Å²) in [5.74, 6) is 0.665. The first-order valence-electron chi connectivity index (χ1n) is 8.81. The first-order valence-corrected chi connectivity index (χ1v) is 8.81. The molecule has 1 heterocycles. The highest BCUT2D eigenvalue weighted by Crippen LogP contribution is 2.47. The minimum absolute atomic E-state index is 0.299. The van der Waals surface area contributed by atoms with Crippen LogP contribution in [0.25, 0.3) is 0 Å². The Bertz CT molecular complexity index is 748. The van der Waals surface area contributed by atoms with E-state index in [1.54, 1.807) is 0 Å². The standard InChI is InChI=1S/C22H25NO/c1-3-7-17-9-10-21(24)20(16-17)22(19-11-14-23-15-12-19)13-6-5-8-18(22)4-2/h5-6,8-16,18,24H,3-4,7H2,1-2H3. The molecular formula is C22H25NO. The maximum Gasteiger partial charge on any atom is 0.120 e. The molecule has 1 aliphatic carbocycles. The lowest BCUT2D eigenvalue weighted by molar-refractivity contribution is 0.406. The van der Waals surface area contributed by atoms with Crippen molar-refractivity contribution in [2.24, 2.45) is 5.92 Å². The van der Waals surface area contributed by atoms with Gasteiger partial charge in [-0.05, 0) is 48.1 Å². The molecule has 2 aromatic rings. The number of phenolic OH excluding ortho intramolecular Hbond substituents is 1. The molecule has 1 aromatic heterocycles. The number of aryl methyl sites for hydroxylation is 1. The lowest BCUT2D eigenvalue weighted by Crippen LogP contribution is -2.35. The number of benzene rings is 1. The predicted octanol–water partition coefficient (Wildman–Crippen LogP) is 5.18. The molecule has 0 saturated heterocycles. The zero-order valence-corrected chi connectivity index (χ0v) is 14.4. The summed E-state index contributed by atoms with van der Waals surface area (Å²) in [4.78, 5) is 4.18. The smallest absolute Gasteiger partial charge is 0.120 e. The van der Waals surface area contributed by atoms with Gasteiger partial charge in [-0.1, -0.05) is 56.7 Å². The summed E-state index contributed by atoms with van der Waals surface area (Å²) in [5.41, 5.74) is 3.10. The molecule has 1 aliphatic rings. The molecule has 2 atom stereocenters. The highest BCUT2D eigenvalue weighted by Gasteiger charge is 2.40. The molecule has 2 nitrogen and oxygen atoms in total. The van der Waals surface area contributed by atoms with Gasteiger partial charge < -0.3 is 5.11 Å². The molecule has 0 radical (unpaired) electrons. The molecule has 0 saturated carbocycles. The Hall–Kier alpha value is -2.35. The van der Waals surface area contributed by atoms with E-state index in [1.807, 2.05) is 24.5 Å². The lowest BCUT2D eigenvalue weighted by Gasteiger charge is -2.40. The molecule has 0 fully saturated rings. The van der Waals surface area contributed by atoms with Crippen LogP contribution in [0.3, 0.4) is 0 Å². The summed E-state index contributed by atoms with van der Waals surface area (Å²) in [6.07, 6.45) is 15.5. The van der Waals surface area contributed by atoms with Gasteiger partial charge in [0.1, 0.15) is 5.75 Å². The molecule has 2 unspecified atom stereocenters. The van der Waals surface area contributed by atoms with Crippen LogP contribution in [0, 0.1) is 5.92 Å². The highest BCUT2D eigenvalue weighted by molar-refractivity contribution is 5.54. The Morgan fingerprint density at radius 3 is 2.58 bits per heavy atom. The average Bonchev–Trinajstić information content (AvgIpc) is 2.64. The number of pyridine rings is 1. The van der Waals surface area contributed by atoms with Crippen LogP contribution in [0.2, 0.25) is 0 Å². The van der Waals surface area contributed by atoms with Gasteiger partial charge in [0.2, 0.25) is 0 Å². The Morgan fingerprint density at radius 2 is 1.88 bits per heavy atom. The molecule has 1 aromatic carbocycles. The third-order valence-electron chi connectivity index (χ3n) is 5.04. The average molecular weight is 319 g/mol. The minimum atomic E-state index is -0.347. The Morgan fingerprint density at radius 1 is 1.08 bits per heavy atom. The first-order chi connectivity index (χ1) is 11.7. The summed E-state index contributed by atoms with van der Waals surface area (Å²) >= 11 is 0. The summed E-state index contributed by atoms with van der Waals surface area (Å²) in [5, 5.41) is 10.7. The molecule has 2 heteroatoms. The molecule has 24 heavy (non-hydrogen) atoms. The van der Waals surface area contributed by atoms with Crippen LogP contribution >= 0.6 is 0 Å². The highest BCUT2D eigenvalue weighted by atomic mass is 16.3. The number of rotatable bonds is 5. The fourth-order valence-electron chi connectivity index (χ4n) is 3.88. The zero-order valence-electron chi connectivity index (χ0n) is 14.4. The van der Waals surface area contributed by atoms with E-state index >= 15 is 0 Å². The van der Waals surface area contributed by atoms with Crippen LogP contribution in [-0.2, 0) is 11.8 Å². The molecule has 124 valence electrons. The van der Waals surface area contributed by atoms with Crippen molar-refractivity contribution in [2.75, 3.05) is 0 Å². The summed E-state index contributed by atoms with van der Waals surface area (Å²) < 4.78 is 0. The SMILES string of the molecule is CCCc1ccc(O)c(C2(c3ccncc3)C=CC=CC2CC)c1. The molecule has 0 aliphatic heterocycles. The van der Waals surface area contributed by atoms with E-state index in [-0.39, 0.29) is 5.41 Å². The monoisotopic (exact) mass is 319 g/mol. The van der Waals surface area contributed by atoms with E-state index in [0.29, 0.717) is 11.7 Å². The number of aromatic hydroxyl groups is 1. The quantitative estimate of drug-likeness (QED) is 0.824. The topological polar surface area (TPSA) is 33.1 Å². The van der Waals surface area contributed by atoms with Crippen molar-refractivity contribution in [1.29, 1.82) is 0 Å². The van der Waals surface area contributed by atoms with Gasteiger partial charge in [0.25, 0.3) is 0 Å². The van der Waals surface area contributed by atoms with Crippen LogP contribution < -0.4 is 0 Å². The van der Waals surface area contributed by atoms with Crippen molar-refractivity contribution in [1.82, 2.24) is 4.98 Å². The van der Waals surface area contributed by atoms with Gasteiger partial charge >= 0.3 is 0 Å². The van der Waals surface area contributed by atoms with E-state index in [9.17, 15) is 5.11 Å². The third-order valence-corrected chi connectivity index (χ3v) is 5.04. The second-order valence-electron chi connectivity index (χ2n) is 6.47. The van der Waals surface area contributed by atoms with Crippen molar-refractivity contribution in [3.8, 4) is 5.75 Å². The van der Waals surface area contributed by atoms with E-state index in [1.165, 1.54) is 11.1 Å². The van der Waals surface area contributed by atoms with Crippen LogP contribution in [0.4, 0.5) is 0 Å². The van der Waals surface area contributed by atoms with Crippen molar-refractivity contribution in [3.63, 3.8) is 0 Å². The van der Waals surface area contributed by atoms with Crippen LogP contribution in [0.5, 0.6) is 5.75 Å². The molecule has 3 rings (SSSR count). The van der Waals surface area contributed by atoms with Crippen molar-refractivity contribution in [2.45, 2.75) is 38.5 Å². The number of aromatic nitrogens is 1. The second kappa shape index (κ2) is 7.04. The normalized spacial score (nSPS) is 22.7. The number of allylic oxidation sites excluding steroid dienone is 4. The molecule has 0 spiro atoms. The van der Waals surface area contributed by atoms with Crippen molar-refractivity contribution < 1.29 is 5.11 Å². The first kappa shape index (κ1) is 16.5. The summed E-state index contributed by atoms with van der Waals surface area (Å²) in [6.45, 7) is 4.39. The Labute approximate surface area is 144 Å². The van der Waals surface area contributed by atoms with Gasteiger partial charge in [-0.2, -0.15) is 0 Å². The molecule has 0 bridgehead atoms. The van der Waals surface area contributed by atoms with Gasteiger partial charge in [-0.3, -0.25) is 4.98 Å². The number of phenols is 1. The maximum absolute atomic E-state index is 10.7. The van der Waals surface area contributed by atoms with Gasteiger partial charge in [0.05, 0.1) is 0 Å². The molecular weight excluding hydrogens is 294 g/mol. The predicted molar refractivity (Wildman–Crippen MR) is 99.2 cm³/mol. The van der Waals surface area contributed by atoms with Crippen LogP contribution in [0.15, 0.2) is 67.0 Å². The molecule has 1 N–H and O–H groups in total. The lowest BCUT2D eigenvalue weighted by atomic mass is 9.63. The fourth-order valence-corrected chi connectivity index (χ4v) is 3.88. The van der Waals surface area contributed by atoms with Crippen molar-refractivity contribution >= 4 is 0 Å². The van der Waals surface area contributed by atoms with Gasteiger partial charge in [-0.25, -0.2) is 0 Å². The fraction of sp³-hybridized carbons (Fsp3) is 0.318. The van der Waals surface area contributed by atoms with Gasteiger partial charge in [0.15, 0.2) is 0 Å². The van der Waals surface area contributed by atoms with E-state index in [4.69, 9.17) is 0 Å². The summed E-state index contributed by atoms with van der Waals surface area (Å²) in [6, 6.07) is 10.2. The van der Waals surface area contributed by atoms with Crippen LogP contribution in [0.1, 0.15) is 43.4 Å². The maximum atomic E-state index is 10.7. The Balaban J connectivity index is 2.25. The van der Waals surface area contributed by atoms with Crippen LogP contribution in [-0.4, -0.2) is 10.1 Å². The largest absolute Gasteiger partial charge is 0.508 e. The minimum Gasteiger partial charge on any atom is -0.508 e. The number of hydrogen-bond acceptors (Lipinski definition) is 2. The zero-order chi connectivity index (χ0) is 17.0. The van der Waals surface area contributed by atoms with Gasteiger partial charge in [-0.15, -0.1) is 0 Å². The number of nitrogens with zero attached hydrogens (tertiary/aromatic N) is 1. The van der Waals surface area contributed by atoms with E-state index in [0.717, 1.165) is 24.8 Å². The summed E-state index contributed by atoms with van der Waals surface area (Å²) in [7, 11) is 0. The van der Waals surface area contributed by atoms with E-state index in [2.05, 4.69) is 61.3 Å². The Kier molecular flexibility index (Phi) is 4.84. The second-order valence-corrected chi connectivity index (χ2v) is 6.47. The van der Waals surface area contributed by atoms with Crippen molar-refractivity contribution in [3.05, 3.63) is 83.7 Å².